The Hall–Kier alpha value is -1.68. The molecular weight excluding hydrogens is 240 g/mol. The van der Waals surface area contributed by atoms with Crippen LogP contribution in [0.3, 0.4) is 0 Å². The van der Waals surface area contributed by atoms with Crippen molar-refractivity contribution in [3.8, 4) is 0 Å². The Morgan fingerprint density at radius 2 is 1.47 bits per heavy atom. The zero-order valence-electron chi connectivity index (χ0n) is 10.7. The molecule has 0 aliphatic carbocycles. The molecule has 1 atom stereocenters. The summed E-state index contributed by atoms with van der Waals surface area (Å²) in [6.45, 7) is 0.101. The van der Waals surface area contributed by atoms with Gasteiger partial charge in [-0.2, -0.15) is 0 Å². The molecule has 2 N–H and O–H groups in total. The molecule has 0 bridgehead atoms. The minimum atomic E-state index is -1.35. The summed E-state index contributed by atoms with van der Waals surface area (Å²) in [6.07, 6.45) is 0. The van der Waals surface area contributed by atoms with Crippen LogP contribution < -0.4 is 0 Å². The summed E-state index contributed by atoms with van der Waals surface area (Å²) in [4.78, 5) is 0. The highest BCUT2D eigenvalue weighted by Gasteiger charge is 2.28. The molecule has 2 aromatic rings. The lowest BCUT2D eigenvalue weighted by Gasteiger charge is -2.26. The highest BCUT2D eigenvalue weighted by molar-refractivity contribution is 5.22. The van der Waals surface area contributed by atoms with Crippen LogP contribution in [0, 0.1) is 0 Å². The van der Waals surface area contributed by atoms with Crippen molar-refractivity contribution in [2.45, 2.75) is 12.2 Å². The predicted molar refractivity (Wildman–Crippen MR) is 73.5 cm³/mol. The maximum atomic E-state index is 10.4. The number of aliphatic hydroxyl groups is 2. The van der Waals surface area contributed by atoms with Gasteiger partial charge in [0.15, 0.2) is 0 Å². The Morgan fingerprint density at radius 1 is 0.895 bits per heavy atom. The van der Waals surface area contributed by atoms with Crippen LogP contribution in [0.2, 0.25) is 0 Å². The van der Waals surface area contributed by atoms with Gasteiger partial charge in [0, 0.05) is 0 Å². The summed E-state index contributed by atoms with van der Waals surface area (Å²) in [5.41, 5.74) is 0.345. The van der Waals surface area contributed by atoms with Crippen molar-refractivity contribution in [3.63, 3.8) is 0 Å². The van der Waals surface area contributed by atoms with Crippen LogP contribution in [0.5, 0.6) is 0 Å². The van der Waals surface area contributed by atoms with E-state index in [1.807, 2.05) is 48.5 Å². The van der Waals surface area contributed by atoms with Crippen LogP contribution in [0.4, 0.5) is 0 Å². The van der Waals surface area contributed by atoms with E-state index in [-0.39, 0.29) is 13.2 Å². The zero-order chi connectivity index (χ0) is 13.6. The number of benzene rings is 2. The van der Waals surface area contributed by atoms with Crippen molar-refractivity contribution in [3.05, 3.63) is 71.8 Å². The van der Waals surface area contributed by atoms with Crippen LogP contribution in [0.25, 0.3) is 0 Å². The summed E-state index contributed by atoms with van der Waals surface area (Å²) in [6, 6.07) is 18.8. The number of aliphatic hydroxyl groups excluding tert-OH is 1. The molecule has 2 rings (SSSR count). The highest BCUT2D eigenvalue weighted by atomic mass is 16.5. The smallest absolute Gasteiger partial charge is 0.136 e. The van der Waals surface area contributed by atoms with Gasteiger partial charge in [0.05, 0.1) is 19.8 Å². The Kier molecular flexibility index (Phi) is 4.68. The van der Waals surface area contributed by atoms with Gasteiger partial charge in [0.1, 0.15) is 5.60 Å². The maximum absolute atomic E-state index is 10.4. The molecule has 100 valence electrons. The second-order valence-corrected chi connectivity index (χ2v) is 4.53. The molecule has 0 heterocycles. The lowest BCUT2D eigenvalue weighted by Crippen LogP contribution is -2.35. The molecule has 19 heavy (non-hydrogen) atoms. The Morgan fingerprint density at radius 3 is 2.05 bits per heavy atom. The minimum absolute atomic E-state index is 0.0579. The molecule has 0 radical (unpaired) electrons. The van der Waals surface area contributed by atoms with E-state index in [1.54, 1.807) is 12.1 Å². The molecule has 3 heteroatoms. The molecule has 0 aliphatic heterocycles. The van der Waals surface area contributed by atoms with E-state index in [9.17, 15) is 10.2 Å². The molecule has 0 spiro atoms. The second kappa shape index (κ2) is 6.48. The first-order valence-electron chi connectivity index (χ1n) is 6.25. The van der Waals surface area contributed by atoms with Crippen LogP contribution >= 0.6 is 0 Å². The lowest BCUT2D eigenvalue weighted by atomic mass is 9.96. The Labute approximate surface area is 113 Å². The molecule has 0 saturated heterocycles. The normalized spacial score (nSPS) is 14.0. The van der Waals surface area contributed by atoms with Gasteiger partial charge in [-0.25, -0.2) is 0 Å². The maximum Gasteiger partial charge on any atom is 0.136 e. The summed E-state index contributed by atoms with van der Waals surface area (Å²) >= 11 is 0. The summed E-state index contributed by atoms with van der Waals surface area (Å²) in [5.74, 6) is 0. The standard InChI is InChI=1S/C16H18O3/c17-12-16(18,15-9-5-2-6-10-15)13-19-11-14-7-3-1-4-8-14/h1-10,17-18H,11-13H2/t16-/m1/s1. The SMILES string of the molecule is OC[C@@](O)(COCc1ccccc1)c1ccccc1. The van der Waals surface area contributed by atoms with Crippen molar-refractivity contribution in [2.75, 3.05) is 13.2 Å². The summed E-state index contributed by atoms with van der Waals surface area (Å²) in [5, 5.41) is 19.8. The first-order chi connectivity index (χ1) is 9.24. The second-order valence-electron chi connectivity index (χ2n) is 4.53. The van der Waals surface area contributed by atoms with Gasteiger partial charge in [-0.15, -0.1) is 0 Å². The lowest BCUT2D eigenvalue weighted by molar-refractivity contribution is -0.0870. The van der Waals surface area contributed by atoms with Gasteiger partial charge in [-0.3, -0.25) is 0 Å². The van der Waals surface area contributed by atoms with Gasteiger partial charge >= 0.3 is 0 Å². The van der Waals surface area contributed by atoms with E-state index in [4.69, 9.17) is 4.74 Å². The Bertz CT molecular complexity index is 484. The van der Waals surface area contributed by atoms with E-state index in [1.165, 1.54) is 0 Å². The third kappa shape index (κ3) is 3.64. The predicted octanol–water partition coefficient (Wildman–Crippen LogP) is 2.08. The van der Waals surface area contributed by atoms with Crippen LogP contribution in [-0.4, -0.2) is 23.4 Å². The molecule has 0 amide bonds. The van der Waals surface area contributed by atoms with Gasteiger partial charge in [-0.05, 0) is 11.1 Å². The van der Waals surface area contributed by atoms with Crippen molar-refractivity contribution < 1.29 is 14.9 Å². The van der Waals surface area contributed by atoms with Gasteiger partial charge in [0.25, 0.3) is 0 Å². The number of hydrogen-bond acceptors (Lipinski definition) is 3. The monoisotopic (exact) mass is 258 g/mol. The van der Waals surface area contributed by atoms with E-state index in [0.717, 1.165) is 5.56 Å². The van der Waals surface area contributed by atoms with Crippen LogP contribution in [-0.2, 0) is 16.9 Å². The van der Waals surface area contributed by atoms with Crippen molar-refractivity contribution in [2.24, 2.45) is 0 Å². The van der Waals surface area contributed by atoms with Gasteiger partial charge < -0.3 is 14.9 Å². The van der Waals surface area contributed by atoms with Gasteiger partial charge in [0.2, 0.25) is 0 Å². The average Bonchev–Trinajstić information content (AvgIpc) is 2.49. The molecule has 0 aromatic heterocycles. The molecule has 2 aromatic carbocycles. The molecule has 0 aliphatic rings. The summed E-state index contributed by atoms with van der Waals surface area (Å²) < 4.78 is 5.52. The van der Waals surface area contributed by atoms with E-state index in [2.05, 4.69) is 0 Å². The first kappa shape index (κ1) is 13.7. The van der Waals surface area contributed by atoms with E-state index >= 15 is 0 Å². The van der Waals surface area contributed by atoms with Crippen molar-refractivity contribution in [1.29, 1.82) is 0 Å². The molecule has 0 fully saturated rings. The van der Waals surface area contributed by atoms with Crippen molar-refractivity contribution >= 4 is 0 Å². The Balaban J connectivity index is 1.96. The minimum Gasteiger partial charge on any atom is -0.393 e. The quantitative estimate of drug-likeness (QED) is 0.834. The largest absolute Gasteiger partial charge is 0.393 e. The average molecular weight is 258 g/mol. The van der Waals surface area contributed by atoms with Crippen LogP contribution in [0.1, 0.15) is 11.1 Å². The molecule has 0 saturated carbocycles. The third-order valence-electron chi connectivity index (χ3n) is 3.03. The number of hydrogen-bond donors (Lipinski definition) is 2. The molecule has 3 nitrogen and oxygen atoms in total. The molecule has 0 unspecified atom stereocenters. The van der Waals surface area contributed by atoms with E-state index < -0.39 is 5.60 Å². The summed E-state index contributed by atoms with van der Waals surface area (Å²) in [7, 11) is 0. The fourth-order valence-electron chi connectivity index (χ4n) is 1.88. The first-order valence-corrected chi connectivity index (χ1v) is 6.25. The van der Waals surface area contributed by atoms with Crippen LogP contribution in [0.15, 0.2) is 60.7 Å². The topological polar surface area (TPSA) is 49.7 Å². The van der Waals surface area contributed by atoms with E-state index in [0.29, 0.717) is 12.2 Å². The van der Waals surface area contributed by atoms with Gasteiger partial charge in [-0.1, -0.05) is 60.7 Å². The highest BCUT2D eigenvalue weighted by Crippen LogP contribution is 2.21. The fourth-order valence-corrected chi connectivity index (χ4v) is 1.88. The third-order valence-corrected chi connectivity index (χ3v) is 3.03. The number of ether oxygens (including phenoxy) is 1. The van der Waals surface area contributed by atoms with Crippen molar-refractivity contribution in [1.82, 2.24) is 0 Å². The molecular formula is C16H18O3. The fraction of sp³-hybridized carbons (Fsp3) is 0.250. The number of rotatable bonds is 6. The zero-order valence-corrected chi connectivity index (χ0v) is 10.7.